The van der Waals surface area contributed by atoms with Crippen LogP contribution in [0.2, 0.25) is 5.02 Å². The van der Waals surface area contributed by atoms with E-state index in [1.165, 1.54) is 0 Å². The van der Waals surface area contributed by atoms with Crippen LogP contribution < -0.4 is 5.32 Å². The maximum atomic E-state index is 6.09. The first-order valence-electron chi connectivity index (χ1n) is 5.69. The van der Waals surface area contributed by atoms with Crippen molar-refractivity contribution in [2.24, 2.45) is 0 Å². The molecule has 5 heteroatoms. The summed E-state index contributed by atoms with van der Waals surface area (Å²) in [5, 5.41) is 8.29. The number of ether oxygens (including phenoxy) is 1. The molecule has 1 heterocycles. The first kappa shape index (κ1) is 13.5. The van der Waals surface area contributed by atoms with Gasteiger partial charge in [0.25, 0.3) is 0 Å². The minimum absolute atomic E-state index is 0.665. The maximum absolute atomic E-state index is 6.09. The molecule has 4 nitrogen and oxygen atoms in total. The van der Waals surface area contributed by atoms with Gasteiger partial charge in [-0.05, 0) is 25.9 Å². The van der Waals surface area contributed by atoms with Gasteiger partial charge in [-0.25, -0.2) is 0 Å². The molecule has 0 bridgehead atoms. The third-order valence-electron chi connectivity index (χ3n) is 2.42. The predicted octanol–water partition coefficient (Wildman–Crippen LogP) is 1.72. The van der Waals surface area contributed by atoms with E-state index in [9.17, 15) is 0 Å². The van der Waals surface area contributed by atoms with Gasteiger partial charge < -0.3 is 10.1 Å². The third-order valence-corrected chi connectivity index (χ3v) is 2.74. The molecule has 0 saturated heterocycles. The van der Waals surface area contributed by atoms with Crippen molar-refractivity contribution in [3.05, 3.63) is 16.9 Å². The van der Waals surface area contributed by atoms with E-state index in [4.69, 9.17) is 16.3 Å². The largest absolute Gasteiger partial charge is 0.383 e. The smallest absolute Gasteiger partial charge is 0.0817 e. The van der Waals surface area contributed by atoms with Gasteiger partial charge in [-0.15, -0.1) is 0 Å². The SMILES string of the molecule is CCNCCCc1c(Cl)cnn1CCOC. The zero-order valence-electron chi connectivity index (χ0n) is 10.0. The van der Waals surface area contributed by atoms with Crippen LogP contribution in [-0.4, -0.2) is 36.6 Å². The molecular weight excluding hydrogens is 226 g/mol. The second-order valence-corrected chi connectivity index (χ2v) is 4.02. The number of rotatable bonds is 8. The van der Waals surface area contributed by atoms with Gasteiger partial charge in [0, 0.05) is 7.11 Å². The van der Waals surface area contributed by atoms with E-state index in [0.29, 0.717) is 6.61 Å². The Morgan fingerprint density at radius 2 is 2.38 bits per heavy atom. The molecule has 0 aromatic carbocycles. The van der Waals surface area contributed by atoms with Crippen LogP contribution in [-0.2, 0) is 17.7 Å². The summed E-state index contributed by atoms with van der Waals surface area (Å²) in [6.07, 6.45) is 3.74. The Morgan fingerprint density at radius 1 is 1.56 bits per heavy atom. The van der Waals surface area contributed by atoms with Gasteiger partial charge in [-0.1, -0.05) is 18.5 Å². The molecule has 1 N–H and O–H groups in total. The van der Waals surface area contributed by atoms with E-state index in [0.717, 1.165) is 43.2 Å². The van der Waals surface area contributed by atoms with Crippen molar-refractivity contribution in [2.45, 2.75) is 26.3 Å². The molecule has 0 unspecified atom stereocenters. The second-order valence-electron chi connectivity index (χ2n) is 3.61. The molecule has 0 spiro atoms. The molecule has 0 aliphatic carbocycles. The lowest BCUT2D eigenvalue weighted by Gasteiger charge is -2.07. The number of methoxy groups -OCH3 is 1. The zero-order chi connectivity index (χ0) is 11.8. The standard InChI is InChI=1S/C11H20ClN3O/c1-3-13-6-4-5-11-10(12)9-14-15(11)7-8-16-2/h9,13H,3-8H2,1-2H3. The lowest BCUT2D eigenvalue weighted by molar-refractivity contribution is 0.182. The number of aromatic nitrogens is 2. The van der Waals surface area contributed by atoms with Crippen molar-refractivity contribution >= 4 is 11.6 Å². The number of nitrogens with one attached hydrogen (secondary N) is 1. The van der Waals surface area contributed by atoms with Gasteiger partial charge in [0.1, 0.15) is 0 Å². The molecule has 0 fully saturated rings. The lowest BCUT2D eigenvalue weighted by atomic mass is 10.2. The first-order chi connectivity index (χ1) is 7.79. The molecule has 1 aromatic rings. The minimum atomic E-state index is 0.665. The van der Waals surface area contributed by atoms with Crippen LogP contribution >= 0.6 is 11.6 Å². The van der Waals surface area contributed by atoms with E-state index >= 15 is 0 Å². The highest BCUT2D eigenvalue weighted by Crippen LogP contribution is 2.16. The molecule has 0 aliphatic rings. The molecule has 92 valence electrons. The van der Waals surface area contributed by atoms with Crippen LogP contribution in [0, 0.1) is 0 Å². The summed E-state index contributed by atoms with van der Waals surface area (Å²) in [6, 6.07) is 0. The van der Waals surface area contributed by atoms with E-state index in [2.05, 4.69) is 17.3 Å². The number of halogens is 1. The Bertz CT molecular complexity index is 301. The van der Waals surface area contributed by atoms with Gasteiger partial charge in [0.2, 0.25) is 0 Å². The molecular formula is C11H20ClN3O. The zero-order valence-corrected chi connectivity index (χ0v) is 10.8. The quantitative estimate of drug-likeness (QED) is 0.709. The van der Waals surface area contributed by atoms with Crippen molar-refractivity contribution in [3.8, 4) is 0 Å². The average Bonchev–Trinajstić information content (AvgIpc) is 2.63. The van der Waals surface area contributed by atoms with Crippen molar-refractivity contribution < 1.29 is 4.74 Å². The molecule has 16 heavy (non-hydrogen) atoms. The lowest BCUT2D eigenvalue weighted by Crippen LogP contribution is -2.16. The van der Waals surface area contributed by atoms with Gasteiger partial charge in [-0.2, -0.15) is 5.10 Å². The fourth-order valence-electron chi connectivity index (χ4n) is 1.56. The summed E-state index contributed by atoms with van der Waals surface area (Å²) in [5.74, 6) is 0. The third kappa shape index (κ3) is 4.12. The predicted molar refractivity (Wildman–Crippen MR) is 66.0 cm³/mol. The topological polar surface area (TPSA) is 39.1 Å². The van der Waals surface area contributed by atoms with Crippen LogP contribution in [0.15, 0.2) is 6.20 Å². The maximum Gasteiger partial charge on any atom is 0.0817 e. The fourth-order valence-corrected chi connectivity index (χ4v) is 1.80. The van der Waals surface area contributed by atoms with E-state index in [-0.39, 0.29) is 0 Å². The fraction of sp³-hybridized carbons (Fsp3) is 0.727. The Kier molecular flexibility index (Phi) is 6.45. The Morgan fingerprint density at radius 3 is 3.06 bits per heavy atom. The molecule has 0 radical (unpaired) electrons. The van der Waals surface area contributed by atoms with Crippen LogP contribution in [0.1, 0.15) is 19.0 Å². The van der Waals surface area contributed by atoms with Crippen LogP contribution in [0.3, 0.4) is 0 Å². The average molecular weight is 246 g/mol. The summed E-state index contributed by atoms with van der Waals surface area (Å²) >= 11 is 6.09. The summed E-state index contributed by atoms with van der Waals surface area (Å²) in [6.45, 7) is 5.56. The first-order valence-corrected chi connectivity index (χ1v) is 6.07. The highest BCUT2D eigenvalue weighted by molar-refractivity contribution is 6.31. The summed E-state index contributed by atoms with van der Waals surface area (Å²) < 4.78 is 6.97. The molecule has 1 aromatic heterocycles. The van der Waals surface area contributed by atoms with Crippen molar-refractivity contribution in [3.63, 3.8) is 0 Å². The molecule has 0 aliphatic heterocycles. The summed E-state index contributed by atoms with van der Waals surface area (Å²) in [7, 11) is 1.69. The number of nitrogens with zero attached hydrogens (tertiary/aromatic N) is 2. The monoisotopic (exact) mass is 245 g/mol. The Balaban J connectivity index is 2.45. The molecule has 0 atom stereocenters. The van der Waals surface area contributed by atoms with E-state index < -0.39 is 0 Å². The number of hydrogen-bond acceptors (Lipinski definition) is 3. The highest BCUT2D eigenvalue weighted by atomic mass is 35.5. The van der Waals surface area contributed by atoms with Crippen LogP contribution in [0.4, 0.5) is 0 Å². The molecule has 1 rings (SSSR count). The van der Waals surface area contributed by atoms with Crippen molar-refractivity contribution in [1.82, 2.24) is 15.1 Å². The summed E-state index contributed by atoms with van der Waals surface area (Å²) in [5.41, 5.74) is 1.11. The van der Waals surface area contributed by atoms with E-state index in [1.807, 2.05) is 4.68 Å². The minimum Gasteiger partial charge on any atom is -0.383 e. The molecule has 0 amide bonds. The van der Waals surface area contributed by atoms with E-state index in [1.54, 1.807) is 13.3 Å². The Labute approximate surface area is 102 Å². The van der Waals surface area contributed by atoms with Crippen LogP contribution in [0.25, 0.3) is 0 Å². The van der Waals surface area contributed by atoms with Gasteiger partial charge in [0.15, 0.2) is 0 Å². The van der Waals surface area contributed by atoms with Gasteiger partial charge >= 0.3 is 0 Å². The highest BCUT2D eigenvalue weighted by Gasteiger charge is 2.08. The van der Waals surface area contributed by atoms with Crippen molar-refractivity contribution in [2.75, 3.05) is 26.8 Å². The number of hydrogen-bond donors (Lipinski definition) is 1. The summed E-state index contributed by atoms with van der Waals surface area (Å²) in [4.78, 5) is 0. The normalized spacial score (nSPS) is 10.9. The Hall–Kier alpha value is -0.580. The van der Waals surface area contributed by atoms with Gasteiger partial charge in [0.05, 0.1) is 30.1 Å². The molecule has 0 saturated carbocycles. The van der Waals surface area contributed by atoms with Crippen molar-refractivity contribution in [1.29, 1.82) is 0 Å². The second kappa shape index (κ2) is 7.65. The van der Waals surface area contributed by atoms with Gasteiger partial charge in [-0.3, -0.25) is 4.68 Å². The van der Waals surface area contributed by atoms with Crippen LogP contribution in [0.5, 0.6) is 0 Å².